The lowest BCUT2D eigenvalue weighted by molar-refractivity contribution is -0.124. The molecule has 0 bridgehead atoms. The summed E-state index contributed by atoms with van der Waals surface area (Å²) in [7, 11) is 0. The number of halogens is 1. The van der Waals surface area contributed by atoms with Crippen LogP contribution >= 0.6 is 28.1 Å². The maximum Gasteiger partial charge on any atom is 0.276 e. The van der Waals surface area contributed by atoms with Crippen molar-refractivity contribution in [2.75, 3.05) is 6.61 Å². The van der Waals surface area contributed by atoms with Gasteiger partial charge in [0, 0.05) is 0 Å². The molecule has 6 nitrogen and oxygen atoms in total. The highest BCUT2D eigenvalue weighted by Gasteiger charge is 2.09. The minimum atomic E-state index is -0.432. The highest BCUT2D eigenvalue weighted by atomic mass is 79.9. The molecule has 0 aliphatic heterocycles. The maximum absolute atomic E-state index is 12.0. The number of thiocarbonyl (C=S) groups is 1. The largest absolute Gasteiger partial charge is 0.483 e. The van der Waals surface area contributed by atoms with Crippen molar-refractivity contribution >= 4 is 45.1 Å². The molecule has 0 fully saturated rings. The third-order valence-corrected chi connectivity index (χ3v) is 4.45. The van der Waals surface area contributed by atoms with Gasteiger partial charge in [-0.3, -0.25) is 20.4 Å². The zero-order valence-corrected chi connectivity index (χ0v) is 17.4. The Morgan fingerprint density at radius 3 is 2.52 bits per heavy atom. The molecule has 2 aromatic rings. The average molecular weight is 450 g/mol. The Hall–Kier alpha value is -2.45. The van der Waals surface area contributed by atoms with Gasteiger partial charge in [-0.25, -0.2) is 0 Å². The molecule has 0 aliphatic carbocycles. The second-order valence-electron chi connectivity index (χ2n) is 5.88. The van der Waals surface area contributed by atoms with Crippen LogP contribution in [0.4, 0.5) is 0 Å². The van der Waals surface area contributed by atoms with E-state index >= 15 is 0 Å². The first kappa shape index (κ1) is 20.9. The normalized spacial score (nSPS) is 10.0. The van der Waals surface area contributed by atoms with Crippen LogP contribution in [0, 0.1) is 13.8 Å². The van der Waals surface area contributed by atoms with Crippen LogP contribution in [0.5, 0.6) is 5.75 Å². The highest BCUT2D eigenvalue weighted by Crippen LogP contribution is 2.25. The topological polar surface area (TPSA) is 79.5 Å². The third-order valence-electron chi connectivity index (χ3n) is 3.63. The molecule has 0 atom stereocenters. The van der Waals surface area contributed by atoms with Gasteiger partial charge in [0.1, 0.15) is 5.75 Å². The van der Waals surface area contributed by atoms with Crippen LogP contribution in [0.25, 0.3) is 0 Å². The number of nitrogens with one attached hydrogen (secondary N) is 3. The number of hydrogen-bond donors (Lipinski definition) is 3. The van der Waals surface area contributed by atoms with E-state index in [1.807, 2.05) is 50.2 Å². The van der Waals surface area contributed by atoms with Crippen LogP contribution in [0.2, 0.25) is 0 Å². The third kappa shape index (κ3) is 6.99. The monoisotopic (exact) mass is 449 g/mol. The lowest BCUT2D eigenvalue weighted by atomic mass is 10.1. The molecular weight excluding hydrogens is 430 g/mol. The molecule has 0 radical (unpaired) electrons. The number of ether oxygens (including phenoxy) is 1. The number of carbonyl (C=O) groups excluding carboxylic acids is 2. The molecule has 0 aliphatic rings. The van der Waals surface area contributed by atoms with Crippen LogP contribution in [-0.2, 0) is 16.0 Å². The lowest BCUT2D eigenvalue weighted by Gasteiger charge is -2.12. The summed E-state index contributed by atoms with van der Waals surface area (Å²) in [6.07, 6.45) is 0.201. The van der Waals surface area contributed by atoms with Gasteiger partial charge in [-0.2, -0.15) is 0 Å². The second-order valence-corrected chi connectivity index (χ2v) is 7.14. The number of rotatable bonds is 5. The fraction of sp³-hybridized carbons (Fsp3) is 0.211. The Kier molecular flexibility index (Phi) is 7.75. The van der Waals surface area contributed by atoms with Gasteiger partial charge in [-0.05, 0) is 70.8 Å². The number of hydrazine groups is 1. The van der Waals surface area contributed by atoms with Gasteiger partial charge >= 0.3 is 0 Å². The second kappa shape index (κ2) is 10.0. The SMILES string of the molecule is Cc1ccc(OCC(=O)NNC(=S)NC(=O)Cc2ccccc2C)c(Br)c1. The summed E-state index contributed by atoms with van der Waals surface area (Å²) in [6.45, 7) is 3.69. The molecule has 27 heavy (non-hydrogen) atoms. The lowest BCUT2D eigenvalue weighted by Crippen LogP contribution is -2.50. The van der Waals surface area contributed by atoms with Crippen LogP contribution < -0.4 is 20.9 Å². The van der Waals surface area contributed by atoms with Crippen LogP contribution in [-0.4, -0.2) is 23.5 Å². The molecule has 0 spiro atoms. The molecule has 8 heteroatoms. The van der Waals surface area contributed by atoms with Crippen LogP contribution in [0.15, 0.2) is 46.9 Å². The van der Waals surface area contributed by atoms with Crippen molar-refractivity contribution in [2.45, 2.75) is 20.3 Å². The van der Waals surface area contributed by atoms with Gasteiger partial charge in [0.25, 0.3) is 5.91 Å². The van der Waals surface area contributed by atoms with E-state index in [4.69, 9.17) is 17.0 Å². The van der Waals surface area contributed by atoms with E-state index in [9.17, 15) is 9.59 Å². The molecule has 0 saturated carbocycles. The summed E-state index contributed by atoms with van der Waals surface area (Å²) in [4.78, 5) is 23.8. The number of benzene rings is 2. The minimum Gasteiger partial charge on any atom is -0.483 e. The van der Waals surface area contributed by atoms with Crippen molar-refractivity contribution in [3.05, 3.63) is 63.6 Å². The molecule has 3 N–H and O–H groups in total. The molecule has 142 valence electrons. The Labute approximate surface area is 171 Å². The number of hydrogen-bond acceptors (Lipinski definition) is 4. The van der Waals surface area contributed by atoms with Gasteiger partial charge in [0.15, 0.2) is 11.7 Å². The molecule has 2 rings (SSSR count). The Morgan fingerprint density at radius 1 is 1.07 bits per heavy atom. The van der Waals surface area contributed by atoms with E-state index in [0.29, 0.717) is 5.75 Å². The highest BCUT2D eigenvalue weighted by molar-refractivity contribution is 9.10. The minimum absolute atomic E-state index is 0.0125. The summed E-state index contributed by atoms with van der Waals surface area (Å²) < 4.78 is 6.20. The number of carbonyl (C=O) groups is 2. The fourth-order valence-electron chi connectivity index (χ4n) is 2.21. The zero-order chi connectivity index (χ0) is 19.8. The summed E-state index contributed by atoms with van der Waals surface area (Å²) >= 11 is 8.38. The quantitative estimate of drug-likeness (QED) is 0.482. The molecule has 0 aromatic heterocycles. The van der Waals surface area contributed by atoms with E-state index in [1.54, 1.807) is 6.07 Å². The molecular formula is C19H20BrN3O3S. The Balaban J connectivity index is 1.72. The molecule has 2 aromatic carbocycles. The zero-order valence-electron chi connectivity index (χ0n) is 15.0. The molecule has 0 heterocycles. The molecule has 2 amide bonds. The fourth-order valence-corrected chi connectivity index (χ4v) is 2.98. The van der Waals surface area contributed by atoms with E-state index in [2.05, 4.69) is 32.1 Å². The van der Waals surface area contributed by atoms with E-state index in [-0.39, 0.29) is 24.0 Å². The summed E-state index contributed by atoms with van der Waals surface area (Å²) in [5.41, 5.74) is 7.88. The average Bonchev–Trinajstić information content (AvgIpc) is 2.61. The van der Waals surface area contributed by atoms with Crippen LogP contribution in [0.3, 0.4) is 0 Å². The predicted octanol–water partition coefficient (Wildman–Crippen LogP) is 2.71. The van der Waals surface area contributed by atoms with E-state index < -0.39 is 5.91 Å². The number of amides is 2. The van der Waals surface area contributed by atoms with Crippen molar-refractivity contribution in [3.8, 4) is 5.75 Å². The summed E-state index contributed by atoms with van der Waals surface area (Å²) in [5.74, 6) is -0.140. The standard InChI is InChI=1S/C19H20BrN3O3S/c1-12-7-8-16(15(20)9-12)26-11-18(25)22-23-19(27)21-17(24)10-14-6-4-3-5-13(14)2/h3-9H,10-11H2,1-2H3,(H,22,25)(H2,21,23,24,27). The first-order valence-electron chi connectivity index (χ1n) is 8.17. The maximum atomic E-state index is 12.0. The van der Waals surface area contributed by atoms with E-state index in [1.165, 1.54) is 0 Å². The summed E-state index contributed by atoms with van der Waals surface area (Å²) in [6, 6.07) is 13.2. The predicted molar refractivity (Wildman–Crippen MR) is 111 cm³/mol. The Bertz CT molecular complexity index is 858. The van der Waals surface area contributed by atoms with E-state index in [0.717, 1.165) is 21.2 Å². The van der Waals surface area contributed by atoms with Crippen molar-refractivity contribution < 1.29 is 14.3 Å². The van der Waals surface area contributed by atoms with Gasteiger partial charge in [-0.1, -0.05) is 30.3 Å². The van der Waals surface area contributed by atoms with Crippen molar-refractivity contribution in [1.29, 1.82) is 0 Å². The smallest absolute Gasteiger partial charge is 0.276 e. The number of aryl methyl sites for hydroxylation is 2. The van der Waals surface area contributed by atoms with Gasteiger partial charge in [-0.15, -0.1) is 0 Å². The van der Waals surface area contributed by atoms with Crippen molar-refractivity contribution in [3.63, 3.8) is 0 Å². The molecule has 0 unspecified atom stereocenters. The first-order chi connectivity index (χ1) is 12.8. The Morgan fingerprint density at radius 2 is 1.81 bits per heavy atom. The molecule has 0 saturated heterocycles. The van der Waals surface area contributed by atoms with Crippen LogP contribution in [0.1, 0.15) is 16.7 Å². The van der Waals surface area contributed by atoms with Gasteiger partial charge in [0.2, 0.25) is 5.91 Å². The first-order valence-corrected chi connectivity index (χ1v) is 9.37. The van der Waals surface area contributed by atoms with Gasteiger partial charge < -0.3 is 10.1 Å². The van der Waals surface area contributed by atoms with Gasteiger partial charge in [0.05, 0.1) is 10.9 Å². The van der Waals surface area contributed by atoms with Crippen molar-refractivity contribution in [2.24, 2.45) is 0 Å². The van der Waals surface area contributed by atoms with Crippen molar-refractivity contribution in [1.82, 2.24) is 16.2 Å². The summed E-state index contributed by atoms with van der Waals surface area (Å²) in [5, 5.41) is 2.53.